The molecule has 0 unspecified atom stereocenters. The van der Waals surface area contributed by atoms with Gasteiger partial charge in [0.1, 0.15) is 17.2 Å². The van der Waals surface area contributed by atoms with Gasteiger partial charge in [-0.25, -0.2) is 0 Å². The fraction of sp³-hybridized carbons (Fsp3) is 0.167. The standard InChI is InChI=1S/C18H19NO4/c1-12-4-6-16(17(20)8-12)19-18(21)7-5-13-9-14(22-2)11-15(10-13)23-3/h4-11,20H,1-3H3,(H,19,21)/b7-5+. The SMILES string of the molecule is COc1cc(/C=C/C(=O)Nc2ccc(C)cc2O)cc(OC)c1. The van der Waals surface area contributed by atoms with Gasteiger partial charge in [-0.05, 0) is 48.4 Å². The summed E-state index contributed by atoms with van der Waals surface area (Å²) in [7, 11) is 3.13. The van der Waals surface area contributed by atoms with Crippen molar-refractivity contribution in [2.75, 3.05) is 19.5 Å². The molecule has 0 atom stereocenters. The zero-order valence-electron chi connectivity index (χ0n) is 13.3. The average Bonchev–Trinajstić information content (AvgIpc) is 2.55. The van der Waals surface area contributed by atoms with Crippen LogP contribution >= 0.6 is 0 Å². The van der Waals surface area contributed by atoms with Crippen LogP contribution in [0.15, 0.2) is 42.5 Å². The number of hydrogen-bond donors (Lipinski definition) is 2. The van der Waals surface area contributed by atoms with Gasteiger partial charge in [0, 0.05) is 12.1 Å². The van der Waals surface area contributed by atoms with E-state index in [2.05, 4.69) is 5.32 Å². The number of nitrogens with one attached hydrogen (secondary N) is 1. The van der Waals surface area contributed by atoms with Crippen LogP contribution in [0.4, 0.5) is 5.69 Å². The topological polar surface area (TPSA) is 67.8 Å². The van der Waals surface area contributed by atoms with E-state index < -0.39 is 0 Å². The Balaban J connectivity index is 2.11. The highest BCUT2D eigenvalue weighted by Crippen LogP contribution is 2.25. The predicted octanol–water partition coefficient (Wildman–Crippen LogP) is 3.37. The van der Waals surface area contributed by atoms with E-state index in [-0.39, 0.29) is 11.7 Å². The monoisotopic (exact) mass is 313 g/mol. The second kappa shape index (κ2) is 7.35. The molecule has 0 saturated carbocycles. The molecule has 0 spiro atoms. The molecule has 2 aromatic carbocycles. The van der Waals surface area contributed by atoms with Gasteiger partial charge in [0.15, 0.2) is 0 Å². The van der Waals surface area contributed by atoms with E-state index in [0.29, 0.717) is 17.2 Å². The van der Waals surface area contributed by atoms with Gasteiger partial charge in [0.25, 0.3) is 0 Å². The number of amides is 1. The zero-order valence-corrected chi connectivity index (χ0v) is 13.3. The largest absolute Gasteiger partial charge is 0.506 e. The van der Waals surface area contributed by atoms with Crippen LogP contribution in [0.25, 0.3) is 6.08 Å². The number of methoxy groups -OCH3 is 2. The molecule has 0 aliphatic heterocycles. The highest BCUT2D eigenvalue weighted by molar-refractivity contribution is 6.02. The molecule has 0 radical (unpaired) electrons. The Morgan fingerprint density at radius 3 is 2.30 bits per heavy atom. The smallest absolute Gasteiger partial charge is 0.248 e. The van der Waals surface area contributed by atoms with Crippen LogP contribution in [0.2, 0.25) is 0 Å². The summed E-state index contributed by atoms with van der Waals surface area (Å²) in [6.45, 7) is 1.86. The van der Waals surface area contributed by atoms with Gasteiger partial charge in [-0.15, -0.1) is 0 Å². The number of phenolic OH excluding ortho intramolecular Hbond substituents is 1. The van der Waals surface area contributed by atoms with Crippen LogP contribution in [-0.4, -0.2) is 25.2 Å². The third kappa shape index (κ3) is 4.51. The van der Waals surface area contributed by atoms with Crippen molar-refractivity contribution in [1.82, 2.24) is 0 Å². The maximum absolute atomic E-state index is 12.0. The summed E-state index contributed by atoms with van der Waals surface area (Å²) in [5.41, 5.74) is 2.05. The quantitative estimate of drug-likeness (QED) is 0.656. The molecule has 2 aromatic rings. The van der Waals surface area contributed by atoms with Gasteiger partial charge in [-0.1, -0.05) is 6.07 Å². The molecule has 0 fully saturated rings. The number of phenols is 1. The number of ether oxygens (including phenoxy) is 2. The van der Waals surface area contributed by atoms with E-state index in [1.807, 2.05) is 13.0 Å². The fourth-order valence-corrected chi connectivity index (χ4v) is 2.02. The lowest BCUT2D eigenvalue weighted by atomic mass is 10.2. The minimum Gasteiger partial charge on any atom is -0.506 e. The molecular formula is C18H19NO4. The number of hydrogen-bond acceptors (Lipinski definition) is 4. The van der Waals surface area contributed by atoms with Crippen LogP contribution in [0.3, 0.4) is 0 Å². The van der Waals surface area contributed by atoms with Crippen molar-refractivity contribution in [2.24, 2.45) is 0 Å². The Hall–Kier alpha value is -2.95. The maximum atomic E-state index is 12.0. The van der Waals surface area contributed by atoms with Gasteiger partial charge in [0.05, 0.1) is 19.9 Å². The Morgan fingerprint density at radius 2 is 1.74 bits per heavy atom. The molecule has 0 aliphatic rings. The molecule has 0 heterocycles. The van der Waals surface area contributed by atoms with E-state index in [9.17, 15) is 9.90 Å². The van der Waals surface area contributed by atoms with E-state index in [1.165, 1.54) is 6.08 Å². The Labute approximate surface area is 135 Å². The van der Waals surface area contributed by atoms with Crippen molar-refractivity contribution in [2.45, 2.75) is 6.92 Å². The number of benzene rings is 2. The maximum Gasteiger partial charge on any atom is 0.248 e. The highest BCUT2D eigenvalue weighted by Gasteiger charge is 2.04. The molecule has 5 nitrogen and oxygen atoms in total. The van der Waals surface area contributed by atoms with E-state index in [1.54, 1.807) is 50.6 Å². The Morgan fingerprint density at radius 1 is 1.09 bits per heavy atom. The Kier molecular flexibility index (Phi) is 5.25. The summed E-state index contributed by atoms with van der Waals surface area (Å²) < 4.78 is 10.4. The van der Waals surface area contributed by atoms with E-state index in [4.69, 9.17) is 9.47 Å². The Bertz CT molecular complexity index is 716. The normalized spacial score (nSPS) is 10.6. The molecule has 0 saturated heterocycles. The lowest BCUT2D eigenvalue weighted by Gasteiger charge is -2.07. The number of anilines is 1. The molecular weight excluding hydrogens is 294 g/mol. The van der Waals surface area contributed by atoms with Crippen molar-refractivity contribution >= 4 is 17.7 Å². The van der Waals surface area contributed by atoms with Crippen LogP contribution in [0.5, 0.6) is 17.2 Å². The first-order valence-corrected chi connectivity index (χ1v) is 7.03. The van der Waals surface area contributed by atoms with Crippen LogP contribution < -0.4 is 14.8 Å². The summed E-state index contributed by atoms with van der Waals surface area (Å²) in [5.74, 6) is 0.974. The molecule has 2 N–H and O–H groups in total. The van der Waals surface area contributed by atoms with Gasteiger partial charge in [0.2, 0.25) is 5.91 Å². The molecule has 0 bridgehead atoms. The molecule has 2 rings (SSSR count). The number of aromatic hydroxyl groups is 1. The minimum absolute atomic E-state index is 0.0369. The number of carbonyl (C=O) groups excluding carboxylic acids is 1. The summed E-state index contributed by atoms with van der Waals surface area (Å²) in [6, 6.07) is 10.4. The first-order chi connectivity index (χ1) is 11.0. The molecule has 1 amide bonds. The first kappa shape index (κ1) is 16.4. The van der Waals surface area contributed by atoms with Crippen LogP contribution in [-0.2, 0) is 4.79 Å². The van der Waals surface area contributed by atoms with E-state index >= 15 is 0 Å². The van der Waals surface area contributed by atoms with E-state index in [0.717, 1.165) is 11.1 Å². The van der Waals surface area contributed by atoms with Crippen molar-refractivity contribution in [3.8, 4) is 17.2 Å². The number of rotatable bonds is 5. The van der Waals surface area contributed by atoms with Crippen molar-refractivity contribution in [3.63, 3.8) is 0 Å². The predicted molar refractivity (Wildman–Crippen MR) is 90.1 cm³/mol. The third-order valence-electron chi connectivity index (χ3n) is 3.21. The molecule has 0 aliphatic carbocycles. The second-order valence-electron chi connectivity index (χ2n) is 4.99. The molecule has 23 heavy (non-hydrogen) atoms. The molecule has 120 valence electrons. The summed E-state index contributed by atoms with van der Waals surface area (Å²) in [4.78, 5) is 12.0. The van der Waals surface area contributed by atoms with Gasteiger partial charge >= 0.3 is 0 Å². The van der Waals surface area contributed by atoms with Gasteiger partial charge < -0.3 is 19.9 Å². The second-order valence-corrected chi connectivity index (χ2v) is 4.99. The molecule has 5 heteroatoms. The minimum atomic E-state index is -0.342. The summed E-state index contributed by atoms with van der Waals surface area (Å²) >= 11 is 0. The first-order valence-electron chi connectivity index (χ1n) is 7.03. The zero-order chi connectivity index (χ0) is 16.8. The average molecular weight is 313 g/mol. The summed E-state index contributed by atoms with van der Waals surface area (Å²) in [5, 5.41) is 12.4. The highest BCUT2D eigenvalue weighted by atomic mass is 16.5. The van der Waals surface area contributed by atoms with Crippen molar-refractivity contribution < 1.29 is 19.4 Å². The third-order valence-corrected chi connectivity index (χ3v) is 3.21. The van der Waals surface area contributed by atoms with Crippen LogP contribution in [0.1, 0.15) is 11.1 Å². The number of aryl methyl sites for hydroxylation is 1. The van der Waals surface area contributed by atoms with Crippen molar-refractivity contribution in [1.29, 1.82) is 0 Å². The van der Waals surface area contributed by atoms with Crippen molar-refractivity contribution in [3.05, 3.63) is 53.6 Å². The molecule has 0 aromatic heterocycles. The van der Waals surface area contributed by atoms with Gasteiger partial charge in [-0.3, -0.25) is 4.79 Å². The lowest BCUT2D eigenvalue weighted by Crippen LogP contribution is -2.07. The number of carbonyl (C=O) groups is 1. The summed E-state index contributed by atoms with van der Waals surface area (Å²) in [6.07, 6.45) is 3.03. The van der Waals surface area contributed by atoms with Crippen LogP contribution in [0, 0.1) is 6.92 Å². The fourth-order valence-electron chi connectivity index (χ4n) is 2.02. The lowest BCUT2D eigenvalue weighted by molar-refractivity contribution is -0.111. The van der Waals surface area contributed by atoms with Gasteiger partial charge in [-0.2, -0.15) is 0 Å².